The molecular formula is C20H24ClN3O3. The van der Waals surface area contributed by atoms with Crippen LogP contribution in [0.2, 0.25) is 0 Å². The van der Waals surface area contributed by atoms with Gasteiger partial charge in [-0.1, -0.05) is 35.6 Å². The van der Waals surface area contributed by atoms with Crippen molar-refractivity contribution in [2.75, 3.05) is 7.11 Å². The molecule has 1 aromatic carbocycles. The van der Waals surface area contributed by atoms with Crippen LogP contribution in [-0.4, -0.2) is 39.8 Å². The Morgan fingerprint density at radius 3 is 2.70 bits per heavy atom. The maximum absolute atomic E-state index is 11.6. The molecule has 1 atom stereocenters. The zero-order chi connectivity index (χ0) is 19.8. The molecule has 7 heteroatoms. The van der Waals surface area contributed by atoms with Crippen molar-refractivity contribution in [1.29, 1.82) is 0 Å². The van der Waals surface area contributed by atoms with Crippen LogP contribution < -0.4 is 0 Å². The molecule has 1 N–H and O–H groups in total. The number of carbonyl (C=O) groups excluding carboxylic acids is 1. The Labute approximate surface area is 164 Å². The van der Waals surface area contributed by atoms with Crippen LogP contribution in [0.3, 0.4) is 0 Å². The Morgan fingerprint density at radius 2 is 2.04 bits per heavy atom. The van der Waals surface area contributed by atoms with Crippen LogP contribution in [0.15, 0.2) is 53.3 Å². The SMILES string of the molecule is COC(=O)CCc1ccccc1C1(Cl)C=CC2=NN(O)N(C(C)(C)C)C2=C1. The summed E-state index contributed by atoms with van der Waals surface area (Å²) < 4.78 is 4.75. The van der Waals surface area contributed by atoms with Crippen LogP contribution in [0.5, 0.6) is 0 Å². The molecule has 0 amide bonds. The summed E-state index contributed by atoms with van der Waals surface area (Å²) in [6, 6.07) is 7.77. The highest BCUT2D eigenvalue weighted by Crippen LogP contribution is 2.42. The number of fused-ring (bicyclic) bond motifs is 1. The first-order chi connectivity index (χ1) is 12.7. The van der Waals surface area contributed by atoms with Gasteiger partial charge in [0.1, 0.15) is 10.6 Å². The van der Waals surface area contributed by atoms with Gasteiger partial charge in [0.25, 0.3) is 0 Å². The number of hydrazone groups is 1. The molecular weight excluding hydrogens is 366 g/mol. The van der Waals surface area contributed by atoms with Crippen LogP contribution in [0.1, 0.15) is 38.3 Å². The molecule has 1 unspecified atom stereocenters. The summed E-state index contributed by atoms with van der Waals surface area (Å²) in [6.45, 7) is 5.94. The predicted octanol–water partition coefficient (Wildman–Crippen LogP) is 3.76. The molecule has 1 aliphatic carbocycles. The summed E-state index contributed by atoms with van der Waals surface area (Å²) in [4.78, 5) is 10.6. The van der Waals surface area contributed by atoms with Crippen molar-refractivity contribution in [2.24, 2.45) is 5.10 Å². The minimum Gasteiger partial charge on any atom is -0.469 e. The van der Waals surface area contributed by atoms with Crippen LogP contribution in [0, 0.1) is 0 Å². The first kappa shape index (κ1) is 19.5. The smallest absolute Gasteiger partial charge is 0.305 e. The van der Waals surface area contributed by atoms with Crippen LogP contribution in [0.25, 0.3) is 0 Å². The number of nitrogens with zero attached hydrogens (tertiary/aromatic N) is 3. The summed E-state index contributed by atoms with van der Waals surface area (Å²) in [7, 11) is 1.38. The molecule has 0 spiro atoms. The summed E-state index contributed by atoms with van der Waals surface area (Å²) in [5.41, 5.74) is 2.87. The first-order valence-corrected chi connectivity index (χ1v) is 9.18. The average Bonchev–Trinajstić information content (AvgIpc) is 2.94. The standard InChI is InChI=1S/C20H24ClN3O3/c1-19(2,3)23-17-13-20(21,12-11-16(17)22-24(23)26)15-8-6-5-7-14(15)9-10-18(25)27-4/h5-8,11-13,26H,9-10H2,1-4H3. The number of rotatable bonds is 4. The Bertz CT molecular complexity index is 841. The van der Waals surface area contributed by atoms with Gasteiger partial charge in [-0.05, 0) is 50.5 Å². The highest BCUT2D eigenvalue weighted by molar-refractivity contribution is 6.29. The quantitative estimate of drug-likeness (QED) is 0.627. The lowest BCUT2D eigenvalue weighted by atomic mass is 9.86. The molecule has 2 aliphatic rings. The van der Waals surface area contributed by atoms with Crippen molar-refractivity contribution in [3.63, 3.8) is 0 Å². The summed E-state index contributed by atoms with van der Waals surface area (Å²) in [5, 5.41) is 16.9. The molecule has 0 fully saturated rings. The normalized spacial score (nSPS) is 21.7. The zero-order valence-corrected chi connectivity index (χ0v) is 16.7. The number of allylic oxidation sites excluding steroid dienone is 3. The minimum absolute atomic E-state index is 0.258. The van der Waals surface area contributed by atoms with Crippen LogP contribution in [0.4, 0.5) is 0 Å². The number of aryl methyl sites for hydroxylation is 1. The van der Waals surface area contributed by atoms with Gasteiger partial charge < -0.3 is 4.74 Å². The van der Waals surface area contributed by atoms with Gasteiger partial charge >= 0.3 is 5.97 Å². The Morgan fingerprint density at radius 1 is 1.33 bits per heavy atom. The average molecular weight is 390 g/mol. The number of methoxy groups -OCH3 is 1. The molecule has 1 aromatic rings. The van der Waals surface area contributed by atoms with E-state index >= 15 is 0 Å². The summed E-state index contributed by atoms with van der Waals surface area (Å²) in [5.74, 6) is -0.258. The van der Waals surface area contributed by atoms with Crippen molar-refractivity contribution in [1.82, 2.24) is 10.3 Å². The van der Waals surface area contributed by atoms with Crippen LogP contribution >= 0.6 is 11.6 Å². The second-order valence-corrected chi connectivity index (χ2v) is 8.23. The molecule has 1 aliphatic heterocycles. The van der Waals surface area contributed by atoms with Gasteiger partial charge in [0, 0.05) is 6.42 Å². The van der Waals surface area contributed by atoms with Gasteiger partial charge in [0.05, 0.1) is 18.3 Å². The molecule has 0 aromatic heterocycles. The van der Waals surface area contributed by atoms with E-state index in [0.717, 1.165) is 22.1 Å². The molecule has 0 saturated carbocycles. The van der Waals surface area contributed by atoms with E-state index < -0.39 is 4.87 Å². The monoisotopic (exact) mass is 389 g/mol. The van der Waals surface area contributed by atoms with E-state index in [1.54, 1.807) is 5.01 Å². The molecule has 144 valence electrons. The third kappa shape index (κ3) is 3.73. The molecule has 0 radical (unpaired) electrons. The van der Waals surface area contributed by atoms with Crippen molar-refractivity contribution in [2.45, 2.75) is 44.0 Å². The molecule has 27 heavy (non-hydrogen) atoms. The Kier molecular flexibility index (Phi) is 5.06. The second kappa shape index (κ2) is 7.02. The molecule has 3 rings (SSSR count). The Balaban J connectivity index is 2.00. The lowest BCUT2D eigenvalue weighted by Crippen LogP contribution is -2.46. The van der Waals surface area contributed by atoms with Crippen molar-refractivity contribution in [3.05, 3.63) is 59.3 Å². The number of alkyl halides is 1. The molecule has 0 bridgehead atoms. The van der Waals surface area contributed by atoms with E-state index in [1.165, 1.54) is 7.11 Å². The van der Waals surface area contributed by atoms with Crippen molar-refractivity contribution >= 4 is 23.3 Å². The van der Waals surface area contributed by atoms with Crippen molar-refractivity contribution in [3.8, 4) is 0 Å². The van der Waals surface area contributed by atoms with Gasteiger partial charge in [-0.25, -0.2) is 5.01 Å². The number of hydrogen-bond donors (Lipinski definition) is 1. The van der Waals surface area contributed by atoms with E-state index in [0.29, 0.717) is 12.1 Å². The van der Waals surface area contributed by atoms with Gasteiger partial charge in [0.2, 0.25) is 0 Å². The maximum atomic E-state index is 11.6. The maximum Gasteiger partial charge on any atom is 0.305 e. The third-order valence-corrected chi connectivity index (χ3v) is 5.03. The number of benzene rings is 1. The predicted molar refractivity (Wildman–Crippen MR) is 104 cm³/mol. The Hall–Kier alpha value is -2.31. The number of hydrogen-bond acceptors (Lipinski definition) is 6. The molecule has 6 nitrogen and oxygen atoms in total. The largest absolute Gasteiger partial charge is 0.469 e. The number of halogens is 1. The summed E-state index contributed by atoms with van der Waals surface area (Å²) >= 11 is 7.02. The lowest BCUT2D eigenvalue weighted by Gasteiger charge is -2.38. The first-order valence-electron chi connectivity index (χ1n) is 8.80. The van der Waals surface area contributed by atoms with E-state index in [4.69, 9.17) is 16.3 Å². The van der Waals surface area contributed by atoms with E-state index in [1.807, 2.05) is 63.3 Å². The van der Waals surface area contributed by atoms with Gasteiger partial charge in [-0.3, -0.25) is 10.0 Å². The topological polar surface area (TPSA) is 65.4 Å². The molecule has 1 heterocycles. The highest BCUT2D eigenvalue weighted by Gasteiger charge is 2.41. The van der Waals surface area contributed by atoms with Gasteiger partial charge in [-0.2, -0.15) is 0 Å². The van der Waals surface area contributed by atoms with E-state index in [9.17, 15) is 10.0 Å². The highest BCUT2D eigenvalue weighted by atomic mass is 35.5. The fourth-order valence-corrected chi connectivity index (χ4v) is 3.70. The second-order valence-electron chi connectivity index (χ2n) is 7.60. The number of ether oxygens (including phenoxy) is 1. The molecule has 0 saturated heterocycles. The van der Waals surface area contributed by atoms with Crippen LogP contribution in [-0.2, 0) is 20.8 Å². The summed E-state index contributed by atoms with van der Waals surface area (Å²) in [6.07, 6.45) is 6.38. The van der Waals surface area contributed by atoms with Gasteiger partial charge in [0.15, 0.2) is 0 Å². The fourth-order valence-electron chi connectivity index (χ4n) is 3.35. The number of carbonyl (C=O) groups is 1. The third-order valence-electron chi connectivity index (χ3n) is 4.59. The van der Waals surface area contributed by atoms with E-state index in [-0.39, 0.29) is 17.9 Å². The van der Waals surface area contributed by atoms with Crippen molar-refractivity contribution < 1.29 is 14.7 Å². The fraction of sp³-hybridized carbons (Fsp3) is 0.400. The van der Waals surface area contributed by atoms with E-state index in [2.05, 4.69) is 5.10 Å². The minimum atomic E-state index is -0.907. The lowest BCUT2D eigenvalue weighted by molar-refractivity contribution is -0.247. The number of esters is 1. The number of hydrazine groups is 1. The van der Waals surface area contributed by atoms with Gasteiger partial charge in [-0.15, -0.1) is 16.7 Å². The zero-order valence-electron chi connectivity index (χ0n) is 15.9.